The summed E-state index contributed by atoms with van der Waals surface area (Å²) in [7, 11) is 0. The van der Waals surface area contributed by atoms with Crippen LogP contribution in [-0.2, 0) is 11.2 Å². The second kappa shape index (κ2) is 7.06. The number of benzene rings is 1. The Morgan fingerprint density at radius 3 is 3.05 bits per heavy atom. The summed E-state index contributed by atoms with van der Waals surface area (Å²) >= 11 is 0. The van der Waals surface area contributed by atoms with Crippen molar-refractivity contribution in [2.24, 2.45) is 0 Å². The van der Waals surface area contributed by atoms with Crippen LogP contribution >= 0.6 is 0 Å². The molecule has 106 valence electrons. The molecule has 1 N–H and O–H groups in total. The number of likely N-dealkylation sites (tertiary alicyclic amines) is 1. The highest BCUT2D eigenvalue weighted by Gasteiger charge is 2.27. The van der Waals surface area contributed by atoms with Crippen molar-refractivity contribution in [3.8, 4) is 6.07 Å². The van der Waals surface area contributed by atoms with Crippen LogP contribution in [0.25, 0.3) is 0 Å². The number of carbonyl (C=O) groups is 1. The van der Waals surface area contributed by atoms with E-state index in [0.29, 0.717) is 6.54 Å². The highest BCUT2D eigenvalue weighted by Crippen LogP contribution is 2.15. The monoisotopic (exact) mass is 271 g/mol. The van der Waals surface area contributed by atoms with Gasteiger partial charge in [0.05, 0.1) is 12.6 Å². The van der Waals surface area contributed by atoms with Gasteiger partial charge in [-0.05, 0) is 43.9 Å². The van der Waals surface area contributed by atoms with E-state index in [-0.39, 0.29) is 11.9 Å². The zero-order valence-corrected chi connectivity index (χ0v) is 11.9. The molecule has 4 nitrogen and oxygen atoms in total. The van der Waals surface area contributed by atoms with E-state index in [0.717, 1.165) is 32.4 Å². The van der Waals surface area contributed by atoms with Gasteiger partial charge in [0.15, 0.2) is 0 Å². The van der Waals surface area contributed by atoms with Crippen molar-refractivity contribution in [1.29, 1.82) is 5.26 Å². The van der Waals surface area contributed by atoms with Crippen LogP contribution in [0.4, 0.5) is 0 Å². The number of carbonyl (C=O) groups excluding carboxylic acids is 1. The third kappa shape index (κ3) is 3.58. The second-order valence-electron chi connectivity index (χ2n) is 5.23. The number of nitrogens with one attached hydrogen (secondary N) is 1. The van der Waals surface area contributed by atoms with Crippen LogP contribution in [0.5, 0.6) is 0 Å². The molecule has 1 heterocycles. The topological polar surface area (TPSA) is 56.1 Å². The van der Waals surface area contributed by atoms with Crippen molar-refractivity contribution >= 4 is 5.91 Å². The van der Waals surface area contributed by atoms with Crippen molar-refractivity contribution in [3.63, 3.8) is 0 Å². The second-order valence-corrected chi connectivity index (χ2v) is 5.23. The van der Waals surface area contributed by atoms with Crippen LogP contribution in [0.3, 0.4) is 0 Å². The lowest BCUT2D eigenvalue weighted by Crippen LogP contribution is -2.41. The molecular formula is C16H21N3O. The van der Waals surface area contributed by atoms with Gasteiger partial charge in [-0.2, -0.15) is 5.26 Å². The van der Waals surface area contributed by atoms with E-state index < -0.39 is 0 Å². The molecule has 1 aromatic carbocycles. The Labute approximate surface area is 120 Å². The summed E-state index contributed by atoms with van der Waals surface area (Å²) < 4.78 is 0. The number of nitriles is 1. The fourth-order valence-electron chi connectivity index (χ4n) is 2.61. The first-order chi connectivity index (χ1) is 9.72. The first kappa shape index (κ1) is 14.5. The molecule has 1 amide bonds. The molecule has 1 fully saturated rings. The molecule has 20 heavy (non-hydrogen) atoms. The average molecular weight is 271 g/mol. The highest BCUT2D eigenvalue weighted by molar-refractivity contribution is 5.79. The predicted octanol–water partition coefficient (Wildman–Crippen LogP) is 1.64. The Morgan fingerprint density at radius 1 is 1.50 bits per heavy atom. The van der Waals surface area contributed by atoms with E-state index in [4.69, 9.17) is 5.26 Å². The smallest absolute Gasteiger partial charge is 0.237 e. The van der Waals surface area contributed by atoms with Gasteiger partial charge in [0.2, 0.25) is 5.91 Å². The largest absolute Gasteiger partial charge is 0.326 e. The molecule has 1 saturated heterocycles. The van der Waals surface area contributed by atoms with E-state index in [9.17, 15) is 4.79 Å². The Bertz CT molecular complexity index is 507. The van der Waals surface area contributed by atoms with Crippen molar-refractivity contribution in [3.05, 3.63) is 35.4 Å². The van der Waals surface area contributed by atoms with Crippen molar-refractivity contribution in [2.45, 2.75) is 32.2 Å². The van der Waals surface area contributed by atoms with Gasteiger partial charge in [-0.3, -0.25) is 4.79 Å². The Balaban J connectivity index is 1.72. The SMILES string of the molecule is Cc1ccccc1CCNCC(=O)N1CCCC1C#N. The summed E-state index contributed by atoms with van der Waals surface area (Å²) in [5, 5.41) is 12.2. The van der Waals surface area contributed by atoms with E-state index in [1.807, 2.05) is 12.1 Å². The molecule has 1 aliphatic heterocycles. The highest BCUT2D eigenvalue weighted by atomic mass is 16.2. The van der Waals surface area contributed by atoms with Crippen LogP contribution in [-0.4, -0.2) is 36.5 Å². The summed E-state index contributed by atoms with van der Waals surface area (Å²) in [6.07, 6.45) is 2.67. The van der Waals surface area contributed by atoms with Crippen LogP contribution in [0.1, 0.15) is 24.0 Å². The van der Waals surface area contributed by atoms with Gasteiger partial charge >= 0.3 is 0 Å². The van der Waals surface area contributed by atoms with E-state index >= 15 is 0 Å². The number of amides is 1. The van der Waals surface area contributed by atoms with Gasteiger partial charge in [0.1, 0.15) is 6.04 Å². The zero-order chi connectivity index (χ0) is 14.4. The summed E-state index contributed by atoms with van der Waals surface area (Å²) in [6.45, 7) is 3.92. The van der Waals surface area contributed by atoms with E-state index in [2.05, 4.69) is 30.4 Å². The standard InChI is InChI=1S/C16H21N3O/c1-13-5-2-3-6-14(13)8-9-18-12-16(20)19-10-4-7-15(19)11-17/h2-3,5-6,15,18H,4,7-10,12H2,1H3. The predicted molar refractivity (Wildman–Crippen MR) is 78.1 cm³/mol. The minimum atomic E-state index is -0.222. The van der Waals surface area contributed by atoms with Gasteiger partial charge in [-0.1, -0.05) is 24.3 Å². The minimum Gasteiger partial charge on any atom is -0.326 e. The maximum Gasteiger partial charge on any atom is 0.237 e. The van der Waals surface area contributed by atoms with E-state index in [1.165, 1.54) is 11.1 Å². The summed E-state index contributed by atoms with van der Waals surface area (Å²) in [6, 6.07) is 10.3. The fourth-order valence-corrected chi connectivity index (χ4v) is 2.61. The molecule has 1 atom stereocenters. The maximum atomic E-state index is 12.0. The van der Waals surface area contributed by atoms with Crippen LogP contribution in [0.2, 0.25) is 0 Å². The van der Waals surface area contributed by atoms with Gasteiger partial charge < -0.3 is 10.2 Å². The van der Waals surface area contributed by atoms with Gasteiger partial charge in [-0.15, -0.1) is 0 Å². The maximum absolute atomic E-state index is 12.0. The molecule has 2 rings (SSSR count). The lowest BCUT2D eigenvalue weighted by molar-refractivity contribution is -0.130. The van der Waals surface area contributed by atoms with Crippen molar-refractivity contribution < 1.29 is 4.79 Å². The molecule has 0 radical (unpaired) electrons. The molecule has 0 spiro atoms. The Kier molecular flexibility index (Phi) is 5.14. The molecule has 0 saturated carbocycles. The normalized spacial score (nSPS) is 18.0. The van der Waals surface area contributed by atoms with E-state index in [1.54, 1.807) is 4.90 Å². The zero-order valence-electron chi connectivity index (χ0n) is 11.9. The molecule has 0 bridgehead atoms. The number of rotatable bonds is 5. The number of aryl methyl sites for hydroxylation is 1. The Morgan fingerprint density at radius 2 is 2.30 bits per heavy atom. The molecule has 1 aromatic rings. The van der Waals surface area contributed by atoms with Gasteiger partial charge in [0, 0.05) is 6.54 Å². The summed E-state index contributed by atoms with van der Waals surface area (Å²) in [4.78, 5) is 13.7. The van der Waals surface area contributed by atoms with Crippen LogP contribution in [0.15, 0.2) is 24.3 Å². The fraction of sp³-hybridized carbons (Fsp3) is 0.500. The quantitative estimate of drug-likeness (QED) is 0.828. The van der Waals surface area contributed by atoms with Gasteiger partial charge in [0.25, 0.3) is 0 Å². The summed E-state index contributed by atoms with van der Waals surface area (Å²) in [5.41, 5.74) is 2.59. The molecule has 1 aliphatic rings. The first-order valence-electron chi connectivity index (χ1n) is 7.16. The first-order valence-corrected chi connectivity index (χ1v) is 7.16. The summed E-state index contributed by atoms with van der Waals surface area (Å²) in [5.74, 6) is 0.0406. The molecule has 1 unspecified atom stereocenters. The third-order valence-electron chi connectivity index (χ3n) is 3.83. The molecule has 4 heteroatoms. The molecule has 0 aromatic heterocycles. The lowest BCUT2D eigenvalue weighted by Gasteiger charge is -2.19. The molecular weight excluding hydrogens is 250 g/mol. The van der Waals surface area contributed by atoms with Crippen molar-refractivity contribution in [1.82, 2.24) is 10.2 Å². The third-order valence-corrected chi connectivity index (χ3v) is 3.83. The number of nitrogens with zero attached hydrogens (tertiary/aromatic N) is 2. The van der Waals surface area contributed by atoms with Crippen molar-refractivity contribution in [2.75, 3.05) is 19.6 Å². The molecule has 0 aliphatic carbocycles. The number of hydrogen-bond donors (Lipinski definition) is 1. The van der Waals surface area contributed by atoms with Gasteiger partial charge in [-0.25, -0.2) is 0 Å². The average Bonchev–Trinajstić information content (AvgIpc) is 2.93. The van der Waals surface area contributed by atoms with Crippen LogP contribution < -0.4 is 5.32 Å². The Hall–Kier alpha value is -1.86. The lowest BCUT2D eigenvalue weighted by atomic mass is 10.1. The van der Waals surface area contributed by atoms with Crippen LogP contribution in [0, 0.1) is 18.3 Å². The number of hydrogen-bond acceptors (Lipinski definition) is 3. The minimum absolute atomic E-state index is 0.0406.